The first kappa shape index (κ1) is 17.1. The molecule has 0 aromatic heterocycles. The summed E-state index contributed by atoms with van der Waals surface area (Å²) >= 11 is 0. The van der Waals surface area contributed by atoms with Crippen molar-refractivity contribution >= 4 is 5.97 Å². The maximum atomic E-state index is 13.0. The summed E-state index contributed by atoms with van der Waals surface area (Å²) in [5.41, 5.74) is 1.68. The van der Waals surface area contributed by atoms with Gasteiger partial charge in [0.15, 0.2) is 0 Å². The highest BCUT2D eigenvalue weighted by Gasteiger charge is 2.74. The fourth-order valence-corrected chi connectivity index (χ4v) is 3.99. The Labute approximate surface area is 159 Å². The van der Waals surface area contributed by atoms with Crippen molar-refractivity contribution in [2.45, 2.75) is 11.8 Å². The maximum absolute atomic E-state index is 13.0. The van der Waals surface area contributed by atoms with E-state index in [1.165, 1.54) is 7.11 Å². The summed E-state index contributed by atoms with van der Waals surface area (Å²) in [6.07, 6.45) is 0.612. The zero-order valence-corrected chi connectivity index (χ0v) is 15.2. The van der Waals surface area contributed by atoms with E-state index < -0.39 is 10.8 Å². The molecule has 1 aliphatic carbocycles. The molecule has 0 aliphatic heterocycles. The molecule has 3 aromatic carbocycles. The number of hydrogen-bond donors (Lipinski definition) is 0. The molecular weight excluding hydrogens is 332 g/mol. The number of rotatable bonds is 3. The van der Waals surface area contributed by atoms with Crippen LogP contribution in [0.5, 0.6) is 0 Å². The molecule has 1 saturated carbocycles. The minimum absolute atomic E-state index is 0.279. The maximum Gasteiger partial charge on any atom is 0.325 e. The molecule has 4 rings (SSSR count). The van der Waals surface area contributed by atoms with E-state index in [2.05, 4.69) is 36.1 Å². The molecule has 132 valence electrons. The lowest BCUT2D eigenvalue weighted by Crippen LogP contribution is -2.28. The van der Waals surface area contributed by atoms with Gasteiger partial charge in [0.25, 0.3) is 0 Å². The van der Waals surface area contributed by atoms with Gasteiger partial charge < -0.3 is 4.74 Å². The average Bonchev–Trinajstić information content (AvgIpc) is 3.45. The van der Waals surface area contributed by atoms with E-state index in [0.717, 1.165) is 16.7 Å². The summed E-state index contributed by atoms with van der Waals surface area (Å²) in [4.78, 5) is 13.0. The van der Waals surface area contributed by atoms with Crippen LogP contribution in [0.2, 0.25) is 0 Å². The van der Waals surface area contributed by atoms with E-state index in [1.807, 2.05) is 66.7 Å². The predicted octanol–water partition coefficient (Wildman–Crippen LogP) is 4.59. The van der Waals surface area contributed by atoms with Crippen molar-refractivity contribution in [3.63, 3.8) is 0 Å². The van der Waals surface area contributed by atoms with Crippen LogP contribution in [0.4, 0.5) is 0 Å². The minimum Gasteiger partial charge on any atom is -0.468 e. The predicted molar refractivity (Wildman–Crippen MR) is 106 cm³/mol. The van der Waals surface area contributed by atoms with E-state index in [1.54, 1.807) is 0 Å². The second-order valence-corrected chi connectivity index (χ2v) is 6.83. The largest absolute Gasteiger partial charge is 0.468 e. The first-order valence-corrected chi connectivity index (χ1v) is 9.01. The van der Waals surface area contributed by atoms with E-state index in [0.29, 0.717) is 6.42 Å². The van der Waals surface area contributed by atoms with Gasteiger partial charge in [0.05, 0.1) is 7.11 Å². The van der Waals surface area contributed by atoms with Crippen LogP contribution in [0.3, 0.4) is 0 Å². The Kier molecular flexibility index (Phi) is 4.30. The summed E-state index contributed by atoms with van der Waals surface area (Å²) < 4.78 is 5.22. The SMILES string of the molecule is COC(=O)[C@]1(C#Cc2ccccc2)CC1(c1ccccc1)c1ccccc1. The molecule has 1 fully saturated rings. The molecule has 0 saturated heterocycles. The van der Waals surface area contributed by atoms with Gasteiger partial charge in [-0.25, -0.2) is 0 Å². The van der Waals surface area contributed by atoms with E-state index >= 15 is 0 Å². The van der Waals surface area contributed by atoms with E-state index in [9.17, 15) is 4.79 Å². The van der Waals surface area contributed by atoms with Crippen molar-refractivity contribution in [3.8, 4) is 11.8 Å². The lowest BCUT2D eigenvalue weighted by atomic mass is 9.80. The molecule has 1 atom stereocenters. The fourth-order valence-electron chi connectivity index (χ4n) is 3.99. The van der Waals surface area contributed by atoms with Crippen molar-refractivity contribution in [2.24, 2.45) is 5.41 Å². The quantitative estimate of drug-likeness (QED) is 0.509. The monoisotopic (exact) mass is 352 g/mol. The lowest BCUT2D eigenvalue weighted by molar-refractivity contribution is -0.145. The Balaban J connectivity index is 1.90. The minimum atomic E-state index is -0.889. The second kappa shape index (κ2) is 6.78. The molecule has 0 unspecified atom stereocenters. The van der Waals surface area contributed by atoms with Gasteiger partial charge >= 0.3 is 5.97 Å². The van der Waals surface area contributed by atoms with Crippen molar-refractivity contribution < 1.29 is 9.53 Å². The first-order valence-electron chi connectivity index (χ1n) is 9.01. The highest BCUT2D eigenvalue weighted by molar-refractivity contribution is 5.90. The summed E-state index contributed by atoms with van der Waals surface area (Å²) in [7, 11) is 1.44. The van der Waals surface area contributed by atoms with E-state index in [-0.39, 0.29) is 5.97 Å². The fraction of sp³-hybridized carbons (Fsp3) is 0.160. The zero-order chi connectivity index (χ0) is 18.7. The molecule has 2 heteroatoms. The molecule has 3 aromatic rings. The lowest BCUT2D eigenvalue weighted by Gasteiger charge is -2.22. The van der Waals surface area contributed by atoms with Crippen molar-refractivity contribution in [2.75, 3.05) is 7.11 Å². The standard InChI is InChI=1S/C25H20O2/c1-27-23(26)24(18-17-20-11-5-2-6-12-20)19-25(24,21-13-7-3-8-14-21)22-15-9-4-10-16-22/h2-16H,19H2,1H3/t24-/m0/s1. The Morgan fingerprint density at radius 1 is 0.815 bits per heavy atom. The molecular formula is C25H20O2. The second-order valence-electron chi connectivity index (χ2n) is 6.83. The van der Waals surface area contributed by atoms with Gasteiger partial charge in [-0.2, -0.15) is 0 Å². The summed E-state index contributed by atoms with van der Waals surface area (Å²) in [5, 5.41) is 0. The number of hydrogen-bond acceptors (Lipinski definition) is 2. The third kappa shape index (κ3) is 2.73. The molecule has 0 bridgehead atoms. The number of ether oxygens (including phenoxy) is 1. The van der Waals surface area contributed by atoms with Crippen molar-refractivity contribution in [1.82, 2.24) is 0 Å². The van der Waals surface area contributed by atoms with Crippen LogP contribution in [0.15, 0.2) is 91.0 Å². The van der Waals surface area contributed by atoms with Crippen LogP contribution >= 0.6 is 0 Å². The normalized spacial score (nSPS) is 19.4. The van der Waals surface area contributed by atoms with Crippen LogP contribution in [0.1, 0.15) is 23.1 Å². The number of esters is 1. The van der Waals surface area contributed by atoms with Gasteiger partial charge in [-0.3, -0.25) is 4.79 Å². The molecule has 0 amide bonds. The molecule has 0 N–H and O–H groups in total. The van der Waals surface area contributed by atoms with Gasteiger partial charge in [0, 0.05) is 11.0 Å². The summed E-state index contributed by atoms with van der Waals surface area (Å²) in [6, 6.07) is 30.0. The Morgan fingerprint density at radius 2 is 1.30 bits per heavy atom. The van der Waals surface area contributed by atoms with Crippen LogP contribution in [-0.2, 0) is 14.9 Å². The molecule has 2 nitrogen and oxygen atoms in total. The van der Waals surface area contributed by atoms with Crippen molar-refractivity contribution in [1.29, 1.82) is 0 Å². The smallest absolute Gasteiger partial charge is 0.325 e. The summed E-state index contributed by atoms with van der Waals surface area (Å²) in [5.74, 6) is 6.23. The Bertz CT molecular complexity index is 958. The molecule has 27 heavy (non-hydrogen) atoms. The average molecular weight is 352 g/mol. The van der Waals surface area contributed by atoms with Crippen LogP contribution in [0.25, 0.3) is 0 Å². The molecule has 1 aliphatic rings. The molecule has 0 heterocycles. The van der Waals surface area contributed by atoms with Gasteiger partial charge in [-0.05, 0) is 29.7 Å². The zero-order valence-electron chi connectivity index (χ0n) is 15.2. The van der Waals surface area contributed by atoms with Crippen LogP contribution in [-0.4, -0.2) is 13.1 Å². The topological polar surface area (TPSA) is 26.3 Å². The van der Waals surface area contributed by atoms with E-state index in [4.69, 9.17) is 4.74 Å². The Morgan fingerprint density at radius 3 is 1.78 bits per heavy atom. The third-order valence-electron chi connectivity index (χ3n) is 5.39. The third-order valence-corrected chi connectivity index (χ3v) is 5.39. The Hall–Kier alpha value is -3.31. The highest BCUT2D eigenvalue weighted by atomic mass is 16.5. The van der Waals surface area contributed by atoms with Crippen LogP contribution in [0, 0.1) is 17.3 Å². The number of methoxy groups -OCH3 is 1. The number of carbonyl (C=O) groups is 1. The van der Waals surface area contributed by atoms with Gasteiger partial charge in [-0.15, -0.1) is 0 Å². The van der Waals surface area contributed by atoms with Crippen LogP contribution < -0.4 is 0 Å². The van der Waals surface area contributed by atoms with Gasteiger partial charge in [-0.1, -0.05) is 90.7 Å². The number of carbonyl (C=O) groups excluding carboxylic acids is 1. The summed E-state index contributed by atoms with van der Waals surface area (Å²) in [6.45, 7) is 0. The highest BCUT2D eigenvalue weighted by Crippen LogP contribution is 2.68. The molecule has 0 radical (unpaired) electrons. The van der Waals surface area contributed by atoms with Gasteiger partial charge in [0.1, 0.15) is 5.41 Å². The molecule has 0 spiro atoms. The van der Waals surface area contributed by atoms with Crippen molar-refractivity contribution in [3.05, 3.63) is 108 Å². The number of benzene rings is 3. The van der Waals surface area contributed by atoms with Gasteiger partial charge in [0.2, 0.25) is 0 Å². The first-order chi connectivity index (χ1) is 13.2.